The fourth-order valence-electron chi connectivity index (χ4n) is 2.17. The number of β-amino-alcohol motifs (C(OH)–C–C–N with tert-alkyl or cyclic N) is 1. The molecule has 1 aromatic carbocycles. The highest BCUT2D eigenvalue weighted by Crippen LogP contribution is 2.06. The molecule has 0 bridgehead atoms. The van der Waals surface area contributed by atoms with Crippen molar-refractivity contribution in [1.29, 1.82) is 0 Å². The first kappa shape index (κ1) is 11.1. The third-order valence-electron chi connectivity index (χ3n) is 3.09. The SMILES string of the molecule is O=C1N=c2ccccc2=C1C#C[C@@H]1C[C@@H](O)CN1. The van der Waals surface area contributed by atoms with Crippen LogP contribution in [-0.4, -0.2) is 29.7 Å². The molecule has 2 atom stereocenters. The number of para-hydroxylation sites is 1. The van der Waals surface area contributed by atoms with E-state index in [9.17, 15) is 9.90 Å². The predicted octanol–water partition coefficient (Wildman–Crippen LogP) is -1.28. The summed E-state index contributed by atoms with van der Waals surface area (Å²) in [6.07, 6.45) is 0.262. The lowest BCUT2D eigenvalue weighted by Gasteiger charge is -1.97. The van der Waals surface area contributed by atoms with Crippen molar-refractivity contribution in [1.82, 2.24) is 5.32 Å². The molecule has 4 nitrogen and oxygen atoms in total. The summed E-state index contributed by atoms with van der Waals surface area (Å²) in [5.41, 5.74) is 0.453. The van der Waals surface area contributed by atoms with Crippen LogP contribution in [0.2, 0.25) is 0 Å². The number of nitrogens with one attached hydrogen (secondary N) is 1. The Labute approximate surface area is 104 Å². The normalized spacial score (nSPS) is 25.4. The van der Waals surface area contributed by atoms with E-state index in [1.165, 1.54) is 0 Å². The molecule has 2 heterocycles. The first-order valence-corrected chi connectivity index (χ1v) is 5.89. The monoisotopic (exact) mass is 240 g/mol. The molecular weight excluding hydrogens is 228 g/mol. The molecule has 1 aromatic rings. The van der Waals surface area contributed by atoms with Gasteiger partial charge in [0.1, 0.15) is 5.57 Å². The quantitative estimate of drug-likeness (QED) is 0.555. The molecule has 18 heavy (non-hydrogen) atoms. The molecule has 0 aliphatic carbocycles. The van der Waals surface area contributed by atoms with Crippen LogP contribution in [0, 0.1) is 11.8 Å². The summed E-state index contributed by atoms with van der Waals surface area (Å²) in [6, 6.07) is 7.32. The molecule has 1 saturated heterocycles. The van der Waals surface area contributed by atoms with Gasteiger partial charge in [-0.25, -0.2) is 4.99 Å². The molecule has 0 radical (unpaired) electrons. The molecule has 2 aliphatic rings. The molecule has 2 N–H and O–H groups in total. The fourth-order valence-corrected chi connectivity index (χ4v) is 2.17. The number of benzene rings is 1. The van der Waals surface area contributed by atoms with Crippen molar-refractivity contribution in [2.24, 2.45) is 4.99 Å². The van der Waals surface area contributed by atoms with Gasteiger partial charge in [0.05, 0.1) is 17.5 Å². The van der Waals surface area contributed by atoms with E-state index in [-0.39, 0.29) is 18.1 Å². The molecule has 0 unspecified atom stereocenters. The van der Waals surface area contributed by atoms with Crippen molar-refractivity contribution in [3.63, 3.8) is 0 Å². The van der Waals surface area contributed by atoms with E-state index in [0.29, 0.717) is 23.9 Å². The zero-order valence-electron chi connectivity index (χ0n) is 9.68. The maximum atomic E-state index is 11.7. The number of carbonyl (C=O) groups excluding carboxylic acids is 1. The minimum absolute atomic E-state index is 0.0481. The number of hydrogen-bond donors (Lipinski definition) is 2. The van der Waals surface area contributed by atoms with E-state index in [0.717, 1.165) is 5.22 Å². The summed E-state index contributed by atoms with van der Waals surface area (Å²) in [7, 11) is 0. The van der Waals surface area contributed by atoms with Crippen molar-refractivity contribution < 1.29 is 9.90 Å². The molecule has 90 valence electrons. The van der Waals surface area contributed by atoms with E-state index >= 15 is 0 Å². The largest absolute Gasteiger partial charge is 0.392 e. The molecule has 3 rings (SSSR count). The van der Waals surface area contributed by atoms with Gasteiger partial charge in [-0.3, -0.25) is 4.79 Å². The minimum atomic E-state index is -0.342. The summed E-state index contributed by atoms with van der Waals surface area (Å²) in [5.74, 6) is 5.61. The maximum absolute atomic E-state index is 11.7. The first-order valence-electron chi connectivity index (χ1n) is 5.89. The highest BCUT2D eigenvalue weighted by Gasteiger charge is 2.20. The molecule has 1 fully saturated rings. The number of fused-ring (bicyclic) bond motifs is 1. The van der Waals surface area contributed by atoms with Crippen molar-refractivity contribution in [3.05, 3.63) is 34.8 Å². The van der Waals surface area contributed by atoms with Crippen molar-refractivity contribution in [3.8, 4) is 11.8 Å². The number of carbonyl (C=O) groups is 1. The number of aliphatic hydroxyl groups is 1. The van der Waals surface area contributed by atoms with Gasteiger partial charge < -0.3 is 10.4 Å². The summed E-state index contributed by atoms with van der Waals surface area (Å²) in [4.78, 5) is 15.7. The lowest BCUT2D eigenvalue weighted by Crippen LogP contribution is -2.22. The second kappa shape index (κ2) is 4.37. The Morgan fingerprint density at radius 3 is 3.00 bits per heavy atom. The minimum Gasteiger partial charge on any atom is -0.392 e. The standard InChI is InChI=1S/C14H12N2O2/c17-10-7-9(15-8-10)5-6-12-11-3-1-2-4-13(11)16-14(12)18/h1-4,9-10,15,17H,7-8H2/t9-,10-/m1/s1. The number of amides is 1. The van der Waals surface area contributed by atoms with Crippen LogP contribution in [0.3, 0.4) is 0 Å². The van der Waals surface area contributed by atoms with Gasteiger partial charge in [0.25, 0.3) is 5.91 Å². The molecule has 1 amide bonds. The van der Waals surface area contributed by atoms with Crippen molar-refractivity contribution in [2.45, 2.75) is 18.6 Å². The van der Waals surface area contributed by atoms with E-state index in [4.69, 9.17) is 0 Å². The van der Waals surface area contributed by atoms with Crippen LogP contribution >= 0.6 is 0 Å². The van der Waals surface area contributed by atoms with E-state index < -0.39 is 0 Å². The Morgan fingerprint density at radius 1 is 1.39 bits per heavy atom. The number of aliphatic hydroxyl groups excluding tert-OH is 1. The highest BCUT2D eigenvalue weighted by molar-refractivity contribution is 6.21. The van der Waals surface area contributed by atoms with Gasteiger partial charge in [-0.2, -0.15) is 0 Å². The van der Waals surface area contributed by atoms with E-state index in [1.807, 2.05) is 18.2 Å². The highest BCUT2D eigenvalue weighted by atomic mass is 16.3. The summed E-state index contributed by atoms with van der Waals surface area (Å²) < 4.78 is 0. The molecule has 0 aromatic heterocycles. The summed E-state index contributed by atoms with van der Waals surface area (Å²) in [5, 5.41) is 14.0. The Kier molecular flexibility index (Phi) is 2.71. The Balaban J connectivity index is 1.97. The van der Waals surface area contributed by atoms with Crippen molar-refractivity contribution in [2.75, 3.05) is 6.54 Å². The van der Waals surface area contributed by atoms with Crippen LogP contribution in [0.5, 0.6) is 0 Å². The molecule has 0 saturated carbocycles. The van der Waals surface area contributed by atoms with Gasteiger partial charge in [0.15, 0.2) is 0 Å². The molecule has 0 spiro atoms. The maximum Gasteiger partial charge on any atom is 0.286 e. The van der Waals surface area contributed by atoms with Crippen LogP contribution in [0.25, 0.3) is 5.57 Å². The third-order valence-corrected chi connectivity index (χ3v) is 3.09. The predicted molar refractivity (Wildman–Crippen MR) is 65.8 cm³/mol. The second-order valence-electron chi connectivity index (χ2n) is 4.43. The first-order chi connectivity index (χ1) is 8.74. The smallest absolute Gasteiger partial charge is 0.286 e. The average Bonchev–Trinajstić information content (AvgIpc) is 2.90. The van der Waals surface area contributed by atoms with Gasteiger partial charge in [0, 0.05) is 18.2 Å². The lowest BCUT2D eigenvalue weighted by atomic mass is 10.1. The van der Waals surface area contributed by atoms with E-state index in [1.54, 1.807) is 6.07 Å². The number of hydrogen-bond acceptors (Lipinski definition) is 3. The fraction of sp³-hybridized carbons (Fsp3) is 0.286. The number of rotatable bonds is 0. The van der Waals surface area contributed by atoms with Gasteiger partial charge >= 0.3 is 0 Å². The summed E-state index contributed by atoms with van der Waals surface area (Å²) in [6.45, 7) is 0.559. The van der Waals surface area contributed by atoms with Gasteiger partial charge in [0.2, 0.25) is 0 Å². The van der Waals surface area contributed by atoms with Crippen molar-refractivity contribution >= 4 is 11.5 Å². The van der Waals surface area contributed by atoms with Crippen LogP contribution in [0.4, 0.5) is 0 Å². The van der Waals surface area contributed by atoms with Crippen LogP contribution in [0.1, 0.15) is 6.42 Å². The topological polar surface area (TPSA) is 61.7 Å². The Bertz CT molecular complexity index is 682. The van der Waals surface area contributed by atoms with Crippen LogP contribution in [-0.2, 0) is 4.79 Å². The Morgan fingerprint density at radius 2 is 2.22 bits per heavy atom. The molecule has 2 aliphatic heterocycles. The third kappa shape index (κ3) is 1.94. The summed E-state index contributed by atoms with van der Waals surface area (Å²) >= 11 is 0. The average molecular weight is 240 g/mol. The van der Waals surface area contributed by atoms with Gasteiger partial charge in [-0.05, 0) is 6.07 Å². The van der Waals surface area contributed by atoms with Gasteiger partial charge in [-0.1, -0.05) is 30.0 Å². The lowest BCUT2D eigenvalue weighted by molar-refractivity contribution is -0.112. The van der Waals surface area contributed by atoms with Crippen LogP contribution < -0.4 is 15.9 Å². The van der Waals surface area contributed by atoms with Crippen LogP contribution in [0.15, 0.2) is 29.3 Å². The van der Waals surface area contributed by atoms with Gasteiger partial charge in [-0.15, -0.1) is 0 Å². The zero-order valence-corrected chi connectivity index (χ0v) is 9.68. The molecule has 4 heteroatoms. The van der Waals surface area contributed by atoms with E-state index in [2.05, 4.69) is 22.2 Å². The Hall–Kier alpha value is -1.96. The second-order valence-corrected chi connectivity index (χ2v) is 4.43. The molecular formula is C14H12N2O2. The zero-order chi connectivity index (χ0) is 12.5. The number of nitrogens with zero attached hydrogens (tertiary/aromatic N) is 1.